The fourth-order valence-corrected chi connectivity index (χ4v) is 6.45. The van der Waals surface area contributed by atoms with Crippen molar-refractivity contribution in [1.82, 2.24) is 14.7 Å². The van der Waals surface area contributed by atoms with Crippen LogP contribution in [-0.2, 0) is 10.0 Å². The second kappa shape index (κ2) is 12.7. The molecule has 1 heterocycles. The molecule has 42 heavy (non-hydrogen) atoms. The maximum absolute atomic E-state index is 13.3. The molecule has 224 valence electrons. The Bertz CT molecular complexity index is 1630. The van der Waals surface area contributed by atoms with Crippen LogP contribution in [0.2, 0.25) is 0 Å². The van der Waals surface area contributed by atoms with Gasteiger partial charge in [0, 0.05) is 31.6 Å². The minimum Gasteiger partial charge on any atom is -0.404 e. The summed E-state index contributed by atoms with van der Waals surface area (Å²) >= 11 is 0. The maximum atomic E-state index is 13.3. The normalized spacial score (nSPS) is 17.4. The lowest BCUT2D eigenvalue weighted by Crippen LogP contribution is -2.40. The van der Waals surface area contributed by atoms with E-state index in [4.69, 9.17) is 0 Å². The van der Waals surface area contributed by atoms with Crippen LogP contribution in [0.3, 0.4) is 0 Å². The van der Waals surface area contributed by atoms with E-state index in [0.717, 1.165) is 28.9 Å². The number of anilines is 2. The molecule has 5 rings (SSSR count). The number of nitrogens with one attached hydrogen (secondary N) is 2. The first-order valence-corrected chi connectivity index (χ1v) is 14.6. The number of nitrogens with zero attached hydrogens (tertiary/aromatic N) is 3. The van der Waals surface area contributed by atoms with E-state index in [0.29, 0.717) is 42.8 Å². The molecule has 0 radical (unpaired) electrons. The zero-order valence-electron chi connectivity index (χ0n) is 22.9. The first-order chi connectivity index (χ1) is 19.5. The molecule has 1 aliphatic rings. The first-order valence-electron chi connectivity index (χ1n) is 13.2. The summed E-state index contributed by atoms with van der Waals surface area (Å²) in [5.74, 6) is 0.505. The number of ether oxygens (including phenoxy) is 1. The summed E-state index contributed by atoms with van der Waals surface area (Å²) in [6, 6.07) is 19.7. The molecule has 8 nitrogen and oxygen atoms in total. The van der Waals surface area contributed by atoms with Crippen molar-refractivity contribution in [2.75, 3.05) is 24.3 Å². The average molecular weight is 622 g/mol. The molecule has 0 unspecified atom stereocenters. The number of rotatable bonds is 8. The van der Waals surface area contributed by atoms with Gasteiger partial charge in [-0.1, -0.05) is 48.5 Å². The summed E-state index contributed by atoms with van der Waals surface area (Å²) in [4.78, 5) is 10.7. The number of aromatic nitrogens is 2. The van der Waals surface area contributed by atoms with Crippen molar-refractivity contribution in [2.24, 2.45) is 0 Å². The van der Waals surface area contributed by atoms with Gasteiger partial charge in [0.15, 0.2) is 0 Å². The van der Waals surface area contributed by atoms with E-state index in [9.17, 15) is 21.6 Å². The number of hydrogen-bond donors (Lipinski definition) is 2. The zero-order valence-corrected chi connectivity index (χ0v) is 24.6. The largest absolute Gasteiger partial charge is 0.573 e. The van der Waals surface area contributed by atoms with E-state index < -0.39 is 33.1 Å². The molecule has 0 atom stereocenters. The minimum atomic E-state index is -5.05. The average Bonchev–Trinajstić information content (AvgIpc) is 2.93. The first kappa shape index (κ1) is 31.3. The molecule has 2 N–H and O–H groups in total. The highest BCUT2D eigenvalue weighted by Gasteiger charge is 2.35. The molecule has 0 bridgehead atoms. The van der Waals surface area contributed by atoms with Gasteiger partial charge in [-0.3, -0.25) is 0 Å². The van der Waals surface area contributed by atoms with E-state index in [2.05, 4.69) is 24.7 Å². The van der Waals surface area contributed by atoms with Crippen molar-refractivity contribution in [1.29, 1.82) is 0 Å². The van der Waals surface area contributed by atoms with Crippen molar-refractivity contribution in [3.63, 3.8) is 0 Å². The van der Waals surface area contributed by atoms with Gasteiger partial charge in [-0.15, -0.1) is 25.6 Å². The molecular formula is C29H31ClF3N5O3S. The van der Waals surface area contributed by atoms with Crippen LogP contribution in [0.1, 0.15) is 25.7 Å². The van der Waals surface area contributed by atoms with Crippen molar-refractivity contribution in [3.05, 3.63) is 72.8 Å². The molecule has 3 aromatic carbocycles. The monoisotopic (exact) mass is 621 g/mol. The molecule has 1 aromatic heterocycles. The van der Waals surface area contributed by atoms with Crippen LogP contribution >= 0.6 is 12.4 Å². The Morgan fingerprint density at radius 2 is 1.50 bits per heavy atom. The number of sulfonamides is 1. The second-order valence-electron chi connectivity index (χ2n) is 10.2. The highest BCUT2D eigenvalue weighted by Crippen LogP contribution is 2.35. The number of fused-ring (bicyclic) bond motifs is 1. The standard InChI is InChI=1S/C29H30F3N5O3S.ClH/c1-37(2)27-23-10-6-7-11-24(23)34-28(35-27)33-21-13-15-22(16-14-21)36-41(38,39)26-17-12-20(19-8-4-3-5-9-19)18-25(26)40-29(30,31)32;/h3-12,17-18,21-22,36H,13-16H2,1-2H3,(H,33,34,35);1H. The van der Waals surface area contributed by atoms with Gasteiger partial charge in [0.2, 0.25) is 16.0 Å². The van der Waals surface area contributed by atoms with Gasteiger partial charge in [0.05, 0.1) is 5.52 Å². The minimum absolute atomic E-state index is 0. The molecule has 13 heteroatoms. The maximum Gasteiger partial charge on any atom is 0.573 e. The third-order valence-corrected chi connectivity index (χ3v) is 8.51. The number of benzene rings is 3. The van der Waals surface area contributed by atoms with Gasteiger partial charge in [0.25, 0.3) is 0 Å². The Balaban J connectivity index is 0.00000405. The van der Waals surface area contributed by atoms with Gasteiger partial charge in [-0.05, 0) is 61.1 Å². The lowest BCUT2D eigenvalue weighted by atomic mass is 9.92. The third kappa shape index (κ3) is 7.42. The Morgan fingerprint density at radius 3 is 2.17 bits per heavy atom. The van der Waals surface area contributed by atoms with Gasteiger partial charge >= 0.3 is 6.36 Å². The molecule has 1 saturated carbocycles. The van der Waals surface area contributed by atoms with Crippen LogP contribution in [0.15, 0.2) is 77.7 Å². The van der Waals surface area contributed by atoms with Crippen molar-refractivity contribution in [3.8, 4) is 16.9 Å². The van der Waals surface area contributed by atoms with E-state index in [1.54, 1.807) is 30.3 Å². The van der Waals surface area contributed by atoms with E-state index in [1.165, 1.54) is 6.07 Å². The molecule has 4 aromatic rings. The predicted octanol–water partition coefficient (Wildman–Crippen LogP) is 6.38. The van der Waals surface area contributed by atoms with E-state index >= 15 is 0 Å². The lowest BCUT2D eigenvalue weighted by Gasteiger charge is -2.30. The van der Waals surface area contributed by atoms with Crippen molar-refractivity contribution >= 4 is 45.1 Å². The fraction of sp³-hybridized carbons (Fsp3) is 0.310. The Kier molecular flexibility index (Phi) is 9.49. The van der Waals surface area contributed by atoms with Crippen LogP contribution in [0.25, 0.3) is 22.0 Å². The molecule has 1 fully saturated rings. The molecule has 0 aliphatic heterocycles. The van der Waals surface area contributed by atoms with Crippen molar-refractivity contribution in [2.45, 2.75) is 49.0 Å². The van der Waals surface area contributed by atoms with Gasteiger partial charge in [0.1, 0.15) is 16.5 Å². The van der Waals surface area contributed by atoms with Crippen LogP contribution in [0.5, 0.6) is 5.75 Å². The summed E-state index contributed by atoms with van der Waals surface area (Å²) < 4.78 is 72.9. The SMILES string of the molecule is CN(C)c1nc(NC2CCC(NS(=O)(=O)c3ccc(-c4ccccc4)cc3OC(F)(F)F)CC2)nc2ccccc12.Cl. The zero-order chi connectivity index (χ0) is 29.2. The van der Waals surface area contributed by atoms with Gasteiger partial charge < -0.3 is 15.0 Å². The summed E-state index contributed by atoms with van der Waals surface area (Å²) in [5.41, 5.74) is 1.85. The Labute approximate surface area is 248 Å². The summed E-state index contributed by atoms with van der Waals surface area (Å²) in [6.07, 6.45) is -2.83. The number of hydrogen-bond acceptors (Lipinski definition) is 7. The third-order valence-electron chi connectivity index (χ3n) is 6.95. The van der Waals surface area contributed by atoms with Crippen LogP contribution in [-0.4, -0.2) is 50.9 Å². The summed E-state index contributed by atoms with van der Waals surface area (Å²) in [7, 11) is -0.477. The van der Waals surface area contributed by atoms with Crippen molar-refractivity contribution < 1.29 is 26.3 Å². The molecule has 0 spiro atoms. The van der Waals surface area contributed by atoms with Crippen LogP contribution < -0.4 is 19.7 Å². The summed E-state index contributed by atoms with van der Waals surface area (Å²) in [5, 5.41) is 4.31. The van der Waals surface area contributed by atoms with Gasteiger partial charge in [-0.25, -0.2) is 18.1 Å². The lowest BCUT2D eigenvalue weighted by molar-refractivity contribution is -0.275. The number of para-hydroxylation sites is 1. The number of alkyl halides is 3. The second-order valence-corrected chi connectivity index (χ2v) is 11.9. The molecular weight excluding hydrogens is 591 g/mol. The van der Waals surface area contributed by atoms with Gasteiger partial charge in [-0.2, -0.15) is 4.98 Å². The Hall–Kier alpha value is -3.61. The van der Waals surface area contributed by atoms with E-state index in [-0.39, 0.29) is 18.4 Å². The number of halogens is 4. The highest BCUT2D eigenvalue weighted by atomic mass is 35.5. The molecule has 0 amide bonds. The quantitative estimate of drug-likeness (QED) is 0.236. The summed E-state index contributed by atoms with van der Waals surface area (Å²) in [6.45, 7) is 0. The highest BCUT2D eigenvalue weighted by molar-refractivity contribution is 7.89. The topological polar surface area (TPSA) is 96.5 Å². The molecule has 1 aliphatic carbocycles. The Morgan fingerprint density at radius 1 is 0.857 bits per heavy atom. The smallest absolute Gasteiger partial charge is 0.404 e. The fourth-order valence-electron chi connectivity index (χ4n) is 5.03. The van der Waals surface area contributed by atoms with Crippen LogP contribution in [0.4, 0.5) is 24.9 Å². The van der Waals surface area contributed by atoms with E-state index in [1.807, 2.05) is 43.3 Å². The molecule has 0 saturated heterocycles. The van der Waals surface area contributed by atoms with Crippen LogP contribution in [0, 0.1) is 0 Å². The predicted molar refractivity (Wildman–Crippen MR) is 160 cm³/mol.